The summed E-state index contributed by atoms with van der Waals surface area (Å²) in [7, 11) is 1.70. The number of methoxy groups -OCH3 is 1. The van der Waals surface area contributed by atoms with E-state index in [-0.39, 0.29) is 12.3 Å². The van der Waals surface area contributed by atoms with Crippen LogP contribution in [0, 0.1) is 5.92 Å². The smallest absolute Gasteiger partial charge is 0.124 e. The maximum Gasteiger partial charge on any atom is 0.124 e. The lowest BCUT2D eigenvalue weighted by Gasteiger charge is -2.17. The summed E-state index contributed by atoms with van der Waals surface area (Å²) >= 11 is 0. The van der Waals surface area contributed by atoms with Gasteiger partial charge in [-0.1, -0.05) is 32.0 Å². The highest BCUT2D eigenvalue weighted by molar-refractivity contribution is 5.35. The van der Waals surface area contributed by atoms with Gasteiger partial charge < -0.3 is 9.47 Å². The minimum Gasteiger partial charge on any atom is -0.496 e. The molecule has 0 aromatic heterocycles. The Morgan fingerprint density at radius 1 is 1.38 bits per heavy atom. The molecule has 1 fully saturated rings. The first kappa shape index (κ1) is 11.4. The minimum absolute atomic E-state index is 0.101. The first-order valence-electron chi connectivity index (χ1n) is 5.74. The topological polar surface area (TPSA) is 30.5 Å². The number of rotatable bonds is 3. The van der Waals surface area contributed by atoms with E-state index in [9.17, 15) is 0 Å². The van der Waals surface area contributed by atoms with Crippen LogP contribution in [-0.2, 0) is 4.74 Å². The lowest BCUT2D eigenvalue weighted by molar-refractivity contribution is 0.0127. The van der Waals surface area contributed by atoms with Crippen molar-refractivity contribution in [1.29, 1.82) is 0 Å². The lowest BCUT2D eigenvalue weighted by atomic mass is 10.1. The summed E-state index contributed by atoms with van der Waals surface area (Å²) in [5.74, 6) is 1.39. The van der Waals surface area contributed by atoms with Crippen LogP contribution in [-0.4, -0.2) is 19.9 Å². The third-order valence-electron chi connectivity index (χ3n) is 2.91. The van der Waals surface area contributed by atoms with Crippen LogP contribution in [0.25, 0.3) is 0 Å². The molecule has 2 unspecified atom stereocenters. The van der Waals surface area contributed by atoms with Gasteiger partial charge in [-0.05, 0) is 12.0 Å². The van der Waals surface area contributed by atoms with Crippen molar-refractivity contribution in [3.05, 3.63) is 29.8 Å². The highest BCUT2D eigenvalue weighted by Crippen LogP contribution is 2.31. The quantitative estimate of drug-likeness (QED) is 0.849. The average molecular weight is 221 g/mol. The zero-order valence-electron chi connectivity index (χ0n) is 10.1. The Balaban J connectivity index is 2.14. The summed E-state index contributed by atoms with van der Waals surface area (Å²) in [6, 6.07) is 8.03. The van der Waals surface area contributed by atoms with Gasteiger partial charge in [0.2, 0.25) is 0 Å². The molecule has 2 atom stereocenters. The van der Waals surface area contributed by atoms with Gasteiger partial charge in [0.25, 0.3) is 0 Å². The van der Waals surface area contributed by atoms with Crippen LogP contribution < -0.4 is 10.1 Å². The molecule has 0 radical (unpaired) electrons. The second kappa shape index (κ2) is 4.85. The Bertz CT molecular complexity index is 352. The van der Waals surface area contributed by atoms with E-state index in [0.29, 0.717) is 5.92 Å². The molecule has 0 aliphatic carbocycles. The Labute approximate surface area is 96.8 Å². The lowest BCUT2D eigenvalue weighted by Crippen LogP contribution is -2.27. The normalized spacial score (nSPS) is 25.0. The highest BCUT2D eigenvalue weighted by Gasteiger charge is 2.29. The molecular formula is C13H19NO2. The predicted octanol–water partition coefficient (Wildman–Crippen LogP) is 2.34. The number of para-hydroxylation sites is 1. The van der Waals surface area contributed by atoms with E-state index >= 15 is 0 Å². The third-order valence-corrected chi connectivity index (χ3v) is 2.91. The molecule has 2 rings (SSSR count). The molecule has 3 nitrogen and oxygen atoms in total. The summed E-state index contributed by atoms with van der Waals surface area (Å²) < 4.78 is 11.3. The van der Waals surface area contributed by atoms with Gasteiger partial charge in [-0.2, -0.15) is 0 Å². The van der Waals surface area contributed by atoms with Gasteiger partial charge >= 0.3 is 0 Å². The van der Waals surface area contributed by atoms with Gasteiger partial charge in [0.05, 0.1) is 7.11 Å². The number of nitrogens with one attached hydrogen (secondary N) is 1. The molecule has 0 spiro atoms. The van der Waals surface area contributed by atoms with Gasteiger partial charge in [-0.3, -0.25) is 5.32 Å². The zero-order chi connectivity index (χ0) is 11.5. The first-order chi connectivity index (χ1) is 7.72. The molecule has 1 saturated heterocycles. The van der Waals surface area contributed by atoms with Crippen LogP contribution in [0.15, 0.2) is 24.3 Å². The third kappa shape index (κ3) is 2.20. The molecule has 1 aliphatic rings. The van der Waals surface area contributed by atoms with Crippen molar-refractivity contribution in [2.24, 2.45) is 5.92 Å². The second-order valence-corrected chi connectivity index (χ2v) is 4.44. The van der Waals surface area contributed by atoms with Crippen LogP contribution in [0.4, 0.5) is 0 Å². The summed E-state index contributed by atoms with van der Waals surface area (Å²) in [5, 5.41) is 3.38. The van der Waals surface area contributed by atoms with Crippen LogP contribution in [0.2, 0.25) is 0 Å². The Hall–Kier alpha value is -1.06. The maximum atomic E-state index is 5.96. The highest BCUT2D eigenvalue weighted by atomic mass is 16.5. The van der Waals surface area contributed by atoms with Crippen molar-refractivity contribution in [2.75, 3.05) is 13.7 Å². The van der Waals surface area contributed by atoms with Crippen molar-refractivity contribution in [1.82, 2.24) is 5.32 Å². The molecule has 88 valence electrons. The molecule has 0 amide bonds. The predicted molar refractivity (Wildman–Crippen MR) is 63.4 cm³/mol. The Kier molecular flexibility index (Phi) is 3.46. The maximum absolute atomic E-state index is 5.96. The monoisotopic (exact) mass is 221 g/mol. The molecule has 16 heavy (non-hydrogen) atoms. The number of hydrogen-bond acceptors (Lipinski definition) is 3. The fraction of sp³-hybridized carbons (Fsp3) is 0.538. The summed E-state index contributed by atoms with van der Waals surface area (Å²) in [4.78, 5) is 0. The van der Waals surface area contributed by atoms with Crippen LogP contribution in [0.3, 0.4) is 0 Å². The molecule has 3 heteroatoms. The van der Waals surface area contributed by atoms with E-state index in [1.807, 2.05) is 18.2 Å². The summed E-state index contributed by atoms with van der Waals surface area (Å²) in [5.41, 5.74) is 1.13. The Morgan fingerprint density at radius 3 is 2.75 bits per heavy atom. The molecule has 1 N–H and O–H groups in total. The molecule has 0 saturated carbocycles. The fourth-order valence-electron chi connectivity index (χ4n) is 2.00. The van der Waals surface area contributed by atoms with E-state index in [1.165, 1.54) is 0 Å². The number of hydrogen-bond donors (Lipinski definition) is 1. The second-order valence-electron chi connectivity index (χ2n) is 4.44. The van der Waals surface area contributed by atoms with E-state index in [4.69, 9.17) is 9.47 Å². The summed E-state index contributed by atoms with van der Waals surface area (Å²) in [6.45, 7) is 5.16. The summed E-state index contributed by atoms with van der Waals surface area (Å²) in [6.07, 6.45) is 0.249. The van der Waals surface area contributed by atoms with Crippen molar-refractivity contribution in [3.8, 4) is 5.75 Å². The molecule has 1 heterocycles. The van der Waals surface area contributed by atoms with Gasteiger partial charge in [-0.25, -0.2) is 0 Å². The molecule has 0 bridgehead atoms. The van der Waals surface area contributed by atoms with E-state index in [0.717, 1.165) is 17.9 Å². The number of ether oxygens (including phenoxy) is 2. The zero-order valence-corrected chi connectivity index (χ0v) is 10.1. The van der Waals surface area contributed by atoms with Crippen molar-refractivity contribution in [2.45, 2.75) is 26.2 Å². The van der Waals surface area contributed by atoms with E-state index < -0.39 is 0 Å². The molecule has 1 aliphatic heterocycles. The first-order valence-corrected chi connectivity index (χ1v) is 5.74. The van der Waals surface area contributed by atoms with Gasteiger partial charge in [0, 0.05) is 12.1 Å². The van der Waals surface area contributed by atoms with E-state index in [1.54, 1.807) is 7.11 Å². The van der Waals surface area contributed by atoms with Crippen LogP contribution in [0.5, 0.6) is 5.75 Å². The van der Waals surface area contributed by atoms with Crippen LogP contribution >= 0.6 is 0 Å². The van der Waals surface area contributed by atoms with Crippen molar-refractivity contribution in [3.63, 3.8) is 0 Å². The fourth-order valence-corrected chi connectivity index (χ4v) is 2.00. The van der Waals surface area contributed by atoms with Crippen LogP contribution in [0.1, 0.15) is 25.5 Å². The van der Waals surface area contributed by atoms with Gasteiger partial charge in [-0.15, -0.1) is 0 Å². The molecular weight excluding hydrogens is 202 g/mol. The van der Waals surface area contributed by atoms with Gasteiger partial charge in [0.1, 0.15) is 18.1 Å². The van der Waals surface area contributed by atoms with Crippen molar-refractivity contribution < 1.29 is 9.47 Å². The Morgan fingerprint density at radius 2 is 2.12 bits per heavy atom. The van der Waals surface area contributed by atoms with Gasteiger partial charge in [0.15, 0.2) is 0 Å². The largest absolute Gasteiger partial charge is 0.496 e. The van der Waals surface area contributed by atoms with Crippen molar-refractivity contribution >= 4 is 0 Å². The standard InChI is InChI=1S/C13H19NO2/c1-9(2)13-14-8-12(16-13)10-6-4-5-7-11(10)15-3/h4-7,9,12-14H,8H2,1-3H3. The van der Waals surface area contributed by atoms with E-state index in [2.05, 4.69) is 25.2 Å². The molecule has 1 aromatic rings. The molecule has 1 aromatic carbocycles. The minimum atomic E-state index is 0.101. The average Bonchev–Trinajstić information content (AvgIpc) is 2.78. The SMILES string of the molecule is COc1ccccc1C1CNC(C(C)C)O1. The number of benzene rings is 1.